The summed E-state index contributed by atoms with van der Waals surface area (Å²) in [5, 5.41) is 8.44. The molecule has 0 amide bonds. The van der Waals surface area contributed by atoms with Crippen LogP contribution in [0.2, 0.25) is 5.02 Å². The molecule has 2 aromatic heterocycles. The van der Waals surface area contributed by atoms with Crippen LogP contribution in [0.25, 0.3) is 0 Å². The van der Waals surface area contributed by atoms with E-state index in [1.165, 1.54) is 12.8 Å². The minimum Gasteiger partial charge on any atom is -0.353 e. The Balaban J connectivity index is 1.36. The molecular formula is C19H25ClN6O. The van der Waals surface area contributed by atoms with Crippen molar-refractivity contribution in [2.24, 2.45) is 0 Å². The molecule has 0 spiro atoms. The highest BCUT2D eigenvalue weighted by Crippen LogP contribution is 2.19. The first-order valence-corrected chi connectivity index (χ1v) is 10.1. The third kappa shape index (κ3) is 4.47. The molecule has 0 saturated carbocycles. The Hall–Kier alpha value is -1.99. The van der Waals surface area contributed by atoms with Crippen LogP contribution < -0.4 is 10.9 Å². The molecule has 2 aliphatic rings. The molecule has 1 N–H and O–H groups in total. The summed E-state index contributed by atoms with van der Waals surface area (Å²) in [6.07, 6.45) is 9.84. The van der Waals surface area contributed by atoms with E-state index in [9.17, 15) is 4.79 Å². The molecule has 0 radical (unpaired) electrons. The normalized spacial score (nSPS) is 19.8. The minimum atomic E-state index is 0.0249. The number of aryl methyl sites for hydroxylation is 2. The van der Waals surface area contributed by atoms with Crippen LogP contribution in [0.1, 0.15) is 36.9 Å². The van der Waals surface area contributed by atoms with Crippen molar-refractivity contribution in [2.75, 3.05) is 25.0 Å². The maximum absolute atomic E-state index is 12.3. The number of fused-ring (bicyclic) bond motifs is 1. The summed E-state index contributed by atoms with van der Waals surface area (Å²) in [7, 11) is 0. The topological polar surface area (TPSA) is 75.9 Å². The fraction of sp³-hybridized carbons (Fsp3) is 0.579. The maximum Gasteiger partial charge on any atom is 0.267 e. The lowest BCUT2D eigenvalue weighted by Crippen LogP contribution is -2.45. The molecule has 0 bridgehead atoms. The Labute approximate surface area is 163 Å². The summed E-state index contributed by atoms with van der Waals surface area (Å²) < 4.78 is 1.64. The van der Waals surface area contributed by atoms with E-state index in [2.05, 4.69) is 25.3 Å². The van der Waals surface area contributed by atoms with Crippen molar-refractivity contribution in [3.8, 4) is 0 Å². The zero-order valence-electron chi connectivity index (χ0n) is 15.4. The number of piperidine rings is 1. The molecule has 8 heteroatoms. The Morgan fingerprint density at radius 2 is 2.00 bits per heavy atom. The molecule has 0 aromatic carbocycles. The van der Waals surface area contributed by atoms with E-state index in [-0.39, 0.29) is 5.56 Å². The predicted octanol–water partition coefficient (Wildman–Crippen LogP) is 2.14. The van der Waals surface area contributed by atoms with Crippen LogP contribution in [-0.4, -0.2) is 50.3 Å². The van der Waals surface area contributed by atoms with Crippen molar-refractivity contribution in [3.05, 3.63) is 45.1 Å². The van der Waals surface area contributed by atoms with E-state index in [4.69, 9.17) is 11.6 Å². The lowest BCUT2D eigenvalue weighted by molar-refractivity contribution is 0.147. The first-order valence-electron chi connectivity index (χ1n) is 9.74. The van der Waals surface area contributed by atoms with Crippen molar-refractivity contribution >= 4 is 17.5 Å². The zero-order valence-corrected chi connectivity index (χ0v) is 16.2. The van der Waals surface area contributed by atoms with Gasteiger partial charge >= 0.3 is 0 Å². The fourth-order valence-electron chi connectivity index (χ4n) is 4.02. The van der Waals surface area contributed by atoms with Crippen LogP contribution in [-0.2, 0) is 19.4 Å². The number of hydrogen-bond acceptors (Lipinski definition) is 6. The molecule has 27 heavy (non-hydrogen) atoms. The van der Waals surface area contributed by atoms with Crippen LogP contribution >= 0.6 is 11.6 Å². The Morgan fingerprint density at radius 1 is 1.15 bits per heavy atom. The molecule has 1 unspecified atom stereocenters. The minimum absolute atomic E-state index is 0.0249. The van der Waals surface area contributed by atoms with Gasteiger partial charge in [0.2, 0.25) is 5.95 Å². The van der Waals surface area contributed by atoms with Gasteiger partial charge in [0.15, 0.2) is 0 Å². The van der Waals surface area contributed by atoms with Gasteiger partial charge in [-0.2, -0.15) is 5.10 Å². The monoisotopic (exact) mass is 388 g/mol. The van der Waals surface area contributed by atoms with Gasteiger partial charge in [-0.1, -0.05) is 18.0 Å². The summed E-state index contributed by atoms with van der Waals surface area (Å²) in [6, 6.07) is 2.19. The van der Waals surface area contributed by atoms with Crippen molar-refractivity contribution in [1.29, 1.82) is 0 Å². The Kier molecular flexibility index (Phi) is 5.69. The number of halogens is 1. The molecule has 144 valence electrons. The molecule has 2 aromatic rings. The van der Waals surface area contributed by atoms with E-state index in [0.717, 1.165) is 56.6 Å². The van der Waals surface area contributed by atoms with Crippen molar-refractivity contribution < 1.29 is 0 Å². The molecule has 1 atom stereocenters. The fourth-order valence-corrected chi connectivity index (χ4v) is 4.12. The third-order valence-corrected chi connectivity index (χ3v) is 5.68. The lowest BCUT2D eigenvalue weighted by atomic mass is 10.0. The highest BCUT2D eigenvalue weighted by molar-refractivity contribution is 6.30. The van der Waals surface area contributed by atoms with Gasteiger partial charge in [0.05, 0.1) is 29.7 Å². The van der Waals surface area contributed by atoms with Gasteiger partial charge in [-0.3, -0.25) is 9.69 Å². The molecule has 4 rings (SSSR count). The van der Waals surface area contributed by atoms with E-state index in [1.54, 1.807) is 23.1 Å². The molecule has 7 nitrogen and oxygen atoms in total. The number of aromatic nitrogens is 4. The number of nitrogens with zero attached hydrogens (tertiary/aromatic N) is 5. The average Bonchev–Trinajstić information content (AvgIpc) is 3.13. The van der Waals surface area contributed by atoms with E-state index < -0.39 is 0 Å². The zero-order chi connectivity index (χ0) is 18.6. The van der Waals surface area contributed by atoms with E-state index in [0.29, 0.717) is 23.6 Å². The van der Waals surface area contributed by atoms with Crippen LogP contribution in [0.15, 0.2) is 23.3 Å². The second-order valence-corrected chi connectivity index (χ2v) is 7.76. The Morgan fingerprint density at radius 3 is 2.85 bits per heavy atom. The number of anilines is 1. The summed E-state index contributed by atoms with van der Waals surface area (Å²) in [4.78, 5) is 23.2. The number of rotatable bonds is 6. The van der Waals surface area contributed by atoms with Crippen molar-refractivity contribution in [2.45, 2.75) is 51.1 Å². The average molecular weight is 389 g/mol. The van der Waals surface area contributed by atoms with Crippen LogP contribution in [0.5, 0.6) is 0 Å². The first kappa shape index (κ1) is 18.4. The first-order chi connectivity index (χ1) is 13.2. The predicted molar refractivity (Wildman–Crippen MR) is 105 cm³/mol. The second kappa shape index (κ2) is 8.35. The van der Waals surface area contributed by atoms with Crippen molar-refractivity contribution in [1.82, 2.24) is 24.6 Å². The molecule has 1 saturated heterocycles. The summed E-state index contributed by atoms with van der Waals surface area (Å²) in [5.74, 6) is 0.599. The molecule has 1 fully saturated rings. The number of nitrogens with one attached hydrogen (secondary N) is 1. The summed E-state index contributed by atoms with van der Waals surface area (Å²) >= 11 is 5.84. The third-order valence-electron chi connectivity index (χ3n) is 5.49. The summed E-state index contributed by atoms with van der Waals surface area (Å²) in [6.45, 7) is 3.31. The maximum atomic E-state index is 12.3. The van der Waals surface area contributed by atoms with Crippen LogP contribution in [0.4, 0.5) is 5.95 Å². The van der Waals surface area contributed by atoms with Crippen LogP contribution in [0, 0.1) is 0 Å². The standard InChI is InChI=1S/C19H25ClN6O/c20-15-11-21-19(22-12-15)23-13-16-5-1-2-7-25(16)8-9-26-18(27)10-14-4-3-6-17(14)24-26/h10-12,16H,1-9,13H2,(H,21,22,23). The SMILES string of the molecule is O=c1cc2c(nn1CCN1CCCCC1CNc1ncc(Cl)cn1)CCC2. The largest absolute Gasteiger partial charge is 0.353 e. The van der Waals surface area contributed by atoms with Gasteiger partial charge in [0, 0.05) is 25.2 Å². The highest BCUT2D eigenvalue weighted by atomic mass is 35.5. The lowest BCUT2D eigenvalue weighted by Gasteiger charge is -2.35. The molecule has 3 heterocycles. The van der Waals surface area contributed by atoms with Gasteiger partial charge < -0.3 is 5.32 Å². The Bertz CT molecular complexity index is 837. The van der Waals surface area contributed by atoms with E-state index >= 15 is 0 Å². The van der Waals surface area contributed by atoms with Gasteiger partial charge in [0.25, 0.3) is 5.56 Å². The highest BCUT2D eigenvalue weighted by Gasteiger charge is 2.23. The molecule has 1 aliphatic heterocycles. The smallest absolute Gasteiger partial charge is 0.267 e. The van der Waals surface area contributed by atoms with Gasteiger partial charge in [-0.05, 0) is 44.2 Å². The molecular weight excluding hydrogens is 364 g/mol. The number of hydrogen-bond donors (Lipinski definition) is 1. The number of likely N-dealkylation sites (tertiary alicyclic amines) is 1. The second-order valence-electron chi connectivity index (χ2n) is 7.32. The van der Waals surface area contributed by atoms with Crippen LogP contribution in [0.3, 0.4) is 0 Å². The quantitative estimate of drug-likeness (QED) is 0.817. The summed E-state index contributed by atoms with van der Waals surface area (Å²) in [5.41, 5.74) is 2.27. The van der Waals surface area contributed by atoms with E-state index in [1.807, 2.05) is 0 Å². The van der Waals surface area contributed by atoms with Gasteiger partial charge in [0.1, 0.15) is 0 Å². The van der Waals surface area contributed by atoms with Gasteiger partial charge in [-0.15, -0.1) is 0 Å². The molecule has 1 aliphatic carbocycles. The van der Waals surface area contributed by atoms with Gasteiger partial charge in [-0.25, -0.2) is 14.6 Å². The van der Waals surface area contributed by atoms with Crippen molar-refractivity contribution in [3.63, 3.8) is 0 Å².